The van der Waals surface area contributed by atoms with Crippen LogP contribution in [-0.4, -0.2) is 66.7 Å². The van der Waals surface area contributed by atoms with E-state index in [1.54, 1.807) is 29.2 Å². The number of fused-ring (bicyclic) bond motifs is 1. The summed E-state index contributed by atoms with van der Waals surface area (Å²) in [5, 5.41) is 13.5. The fourth-order valence-corrected chi connectivity index (χ4v) is 3.64. The third kappa shape index (κ3) is 4.05. The van der Waals surface area contributed by atoms with Crippen LogP contribution >= 0.6 is 0 Å². The number of aliphatic hydroxyl groups excluding tert-OH is 1. The number of hydrogen-bond acceptors (Lipinski definition) is 6. The predicted octanol–water partition coefficient (Wildman–Crippen LogP) is 1.51. The van der Waals surface area contributed by atoms with Gasteiger partial charge in [-0.25, -0.2) is 0 Å². The summed E-state index contributed by atoms with van der Waals surface area (Å²) in [6.45, 7) is 1.60. The third-order valence-electron chi connectivity index (χ3n) is 5.24. The summed E-state index contributed by atoms with van der Waals surface area (Å²) in [5.74, 6) is -0.787. The minimum atomic E-state index is -0.829. The zero-order valence-electron chi connectivity index (χ0n) is 16.4. The number of nitrogens with zero attached hydrogens (tertiary/aromatic N) is 2. The number of carbonyl (C=O) groups excluding carboxylic acids is 3. The van der Waals surface area contributed by atoms with E-state index in [4.69, 9.17) is 4.74 Å². The zero-order chi connectivity index (χ0) is 21.1. The van der Waals surface area contributed by atoms with Crippen LogP contribution in [0.15, 0.2) is 48.5 Å². The van der Waals surface area contributed by atoms with Crippen LogP contribution in [0.1, 0.15) is 27.1 Å². The number of hydrogen-bond donors (Lipinski definition) is 2. The van der Waals surface area contributed by atoms with Gasteiger partial charge < -0.3 is 20.1 Å². The van der Waals surface area contributed by atoms with Crippen LogP contribution in [0.25, 0.3) is 0 Å². The first-order valence-electron chi connectivity index (χ1n) is 9.90. The number of aliphatic hydroxyl groups is 1. The monoisotopic (exact) mass is 409 g/mol. The molecular weight excluding hydrogens is 386 g/mol. The number of carbonyl (C=O) groups is 3. The van der Waals surface area contributed by atoms with E-state index in [1.807, 2.05) is 24.3 Å². The smallest absolute Gasteiger partial charge is 0.261 e. The van der Waals surface area contributed by atoms with E-state index in [0.717, 1.165) is 16.3 Å². The molecule has 0 saturated carbocycles. The Bertz CT molecular complexity index is 925. The molecule has 0 aromatic heterocycles. The van der Waals surface area contributed by atoms with Crippen molar-refractivity contribution in [3.05, 3.63) is 59.7 Å². The maximum Gasteiger partial charge on any atom is 0.261 e. The van der Waals surface area contributed by atoms with Gasteiger partial charge in [0.2, 0.25) is 0 Å². The Morgan fingerprint density at radius 3 is 2.30 bits per heavy atom. The van der Waals surface area contributed by atoms with Crippen molar-refractivity contribution >= 4 is 29.1 Å². The van der Waals surface area contributed by atoms with E-state index in [0.29, 0.717) is 37.2 Å². The minimum absolute atomic E-state index is 0.0356. The molecule has 3 amide bonds. The van der Waals surface area contributed by atoms with E-state index in [9.17, 15) is 19.5 Å². The Morgan fingerprint density at radius 1 is 1.00 bits per heavy atom. The van der Waals surface area contributed by atoms with Crippen molar-refractivity contribution in [3.8, 4) is 0 Å². The second-order valence-corrected chi connectivity index (χ2v) is 7.28. The van der Waals surface area contributed by atoms with Gasteiger partial charge in [0.05, 0.1) is 30.4 Å². The van der Waals surface area contributed by atoms with Gasteiger partial charge >= 0.3 is 0 Å². The lowest BCUT2D eigenvalue weighted by Crippen LogP contribution is -2.41. The highest BCUT2D eigenvalue weighted by Crippen LogP contribution is 2.23. The van der Waals surface area contributed by atoms with Crippen LogP contribution in [0.2, 0.25) is 0 Å². The maximum absolute atomic E-state index is 12.4. The second kappa shape index (κ2) is 8.64. The van der Waals surface area contributed by atoms with Crippen molar-refractivity contribution in [3.63, 3.8) is 0 Å². The standard InChI is InChI=1S/C22H23N3O5/c26-17(13-25-21(28)18-3-1-2-4-19(18)22(25)29)9-10-23-15-5-7-16(8-6-15)24-11-12-30-14-20(24)27/h1-8,17,23,26H,9-14H2. The lowest BCUT2D eigenvalue weighted by atomic mass is 10.1. The highest BCUT2D eigenvalue weighted by atomic mass is 16.5. The van der Waals surface area contributed by atoms with E-state index in [1.165, 1.54) is 0 Å². The quantitative estimate of drug-likeness (QED) is 0.673. The Balaban J connectivity index is 1.26. The van der Waals surface area contributed by atoms with E-state index < -0.39 is 6.10 Å². The number of nitrogens with one attached hydrogen (secondary N) is 1. The average Bonchev–Trinajstić information content (AvgIpc) is 3.00. The van der Waals surface area contributed by atoms with Crippen molar-refractivity contribution < 1.29 is 24.2 Å². The molecule has 2 N–H and O–H groups in total. The number of ether oxygens (including phenoxy) is 1. The molecule has 8 heteroatoms. The average molecular weight is 409 g/mol. The van der Waals surface area contributed by atoms with Crippen molar-refractivity contribution in [2.75, 3.05) is 43.1 Å². The molecule has 2 aromatic carbocycles. The van der Waals surface area contributed by atoms with Gasteiger partial charge in [0.1, 0.15) is 6.61 Å². The topological polar surface area (TPSA) is 99.2 Å². The van der Waals surface area contributed by atoms with Gasteiger partial charge in [-0.3, -0.25) is 19.3 Å². The third-order valence-corrected chi connectivity index (χ3v) is 5.24. The number of imide groups is 1. The Hall–Kier alpha value is -3.23. The summed E-state index contributed by atoms with van der Waals surface area (Å²) in [5.41, 5.74) is 2.44. The SMILES string of the molecule is O=C1c2ccccc2C(=O)N1CC(O)CCNc1ccc(N2CCOCC2=O)cc1. The van der Waals surface area contributed by atoms with Gasteiger partial charge in [0, 0.05) is 24.5 Å². The summed E-state index contributed by atoms with van der Waals surface area (Å²) in [7, 11) is 0. The van der Waals surface area contributed by atoms with Gasteiger partial charge in [-0.05, 0) is 42.8 Å². The molecule has 1 saturated heterocycles. The van der Waals surface area contributed by atoms with Crippen LogP contribution in [0.4, 0.5) is 11.4 Å². The molecule has 30 heavy (non-hydrogen) atoms. The summed E-state index contributed by atoms with van der Waals surface area (Å²) in [6.07, 6.45) is -0.457. The van der Waals surface area contributed by atoms with Gasteiger partial charge in [-0.2, -0.15) is 0 Å². The summed E-state index contributed by atoms with van der Waals surface area (Å²) >= 11 is 0. The molecule has 2 aliphatic rings. The summed E-state index contributed by atoms with van der Waals surface area (Å²) in [4.78, 5) is 39.4. The summed E-state index contributed by atoms with van der Waals surface area (Å²) in [6, 6.07) is 14.1. The second-order valence-electron chi connectivity index (χ2n) is 7.28. The first-order valence-corrected chi connectivity index (χ1v) is 9.90. The molecule has 1 unspecified atom stereocenters. The van der Waals surface area contributed by atoms with E-state index >= 15 is 0 Å². The molecule has 4 rings (SSSR count). The Kier molecular flexibility index (Phi) is 5.78. The van der Waals surface area contributed by atoms with Gasteiger partial charge in [0.15, 0.2) is 0 Å². The van der Waals surface area contributed by atoms with Gasteiger partial charge in [-0.1, -0.05) is 12.1 Å². The molecule has 2 aliphatic heterocycles. The van der Waals surface area contributed by atoms with E-state index in [-0.39, 0.29) is 30.9 Å². The molecule has 2 aromatic rings. The van der Waals surface area contributed by atoms with Crippen molar-refractivity contribution in [1.82, 2.24) is 4.90 Å². The molecule has 0 radical (unpaired) electrons. The molecule has 0 spiro atoms. The number of rotatable bonds is 7. The largest absolute Gasteiger partial charge is 0.391 e. The number of anilines is 2. The highest BCUT2D eigenvalue weighted by molar-refractivity contribution is 6.21. The van der Waals surface area contributed by atoms with Crippen LogP contribution in [-0.2, 0) is 9.53 Å². The minimum Gasteiger partial charge on any atom is -0.391 e. The first kappa shape index (κ1) is 20.1. The number of morpholine rings is 1. The first-order chi connectivity index (χ1) is 14.5. The predicted molar refractivity (Wildman–Crippen MR) is 111 cm³/mol. The van der Waals surface area contributed by atoms with Crippen LogP contribution in [0.3, 0.4) is 0 Å². The van der Waals surface area contributed by atoms with Crippen molar-refractivity contribution in [1.29, 1.82) is 0 Å². The molecule has 2 heterocycles. The van der Waals surface area contributed by atoms with Crippen molar-refractivity contribution in [2.24, 2.45) is 0 Å². The van der Waals surface area contributed by atoms with Crippen LogP contribution < -0.4 is 10.2 Å². The van der Waals surface area contributed by atoms with Crippen LogP contribution in [0, 0.1) is 0 Å². The van der Waals surface area contributed by atoms with E-state index in [2.05, 4.69) is 5.32 Å². The van der Waals surface area contributed by atoms with Gasteiger partial charge in [-0.15, -0.1) is 0 Å². The molecule has 8 nitrogen and oxygen atoms in total. The molecular formula is C22H23N3O5. The molecule has 0 aliphatic carbocycles. The zero-order valence-corrected chi connectivity index (χ0v) is 16.4. The fraction of sp³-hybridized carbons (Fsp3) is 0.318. The molecule has 156 valence electrons. The fourth-order valence-electron chi connectivity index (χ4n) is 3.64. The number of benzene rings is 2. The summed E-state index contributed by atoms with van der Waals surface area (Å²) < 4.78 is 5.14. The Labute approximate surface area is 174 Å². The number of β-amino-alcohol motifs (C(OH)–C–C–N with tert-alkyl or cyclic N) is 1. The highest BCUT2D eigenvalue weighted by Gasteiger charge is 2.35. The lowest BCUT2D eigenvalue weighted by Gasteiger charge is -2.27. The van der Waals surface area contributed by atoms with Crippen LogP contribution in [0.5, 0.6) is 0 Å². The maximum atomic E-state index is 12.4. The molecule has 1 fully saturated rings. The number of amides is 3. The molecule has 1 atom stereocenters. The molecule has 0 bridgehead atoms. The Morgan fingerprint density at radius 2 is 1.67 bits per heavy atom. The normalized spacial score (nSPS) is 17.3. The lowest BCUT2D eigenvalue weighted by molar-refractivity contribution is -0.125. The van der Waals surface area contributed by atoms with Gasteiger partial charge in [0.25, 0.3) is 17.7 Å². The van der Waals surface area contributed by atoms with Crippen molar-refractivity contribution in [2.45, 2.75) is 12.5 Å².